The zero-order valence-corrected chi connectivity index (χ0v) is 24.6. The van der Waals surface area contributed by atoms with Gasteiger partial charge in [-0.25, -0.2) is 23.5 Å². The van der Waals surface area contributed by atoms with Crippen LogP contribution in [0.5, 0.6) is 5.88 Å². The van der Waals surface area contributed by atoms with Gasteiger partial charge in [-0.1, -0.05) is 38.1 Å². The summed E-state index contributed by atoms with van der Waals surface area (Å²) in [5.41, 5.74) is 4.88. The van der Waals surface area contributed by atoms with Crippen LogP contribution in [0.2, 0.25) is 0 Å². The van der Waals surface area contributed by atoms with Crippen LogP contribution in [0.1, 0.15) is 52.6 Å². The number of methoxy groups -OCH3 is 2. The first-order valence-electron chi connectivity index (χ1n) is 14.0. The first-order chi connectivity index (χ1) is 20.8. The minimum Gasteiger partial charge on any atom is -0.473 e. The lowest BCUT2D eigenvalue weighted by Crippen LogP contribution is -2.10. The third kappa shape index (κ3) is 6.73. The number of aromatic nitrogens is 3. The molecule has 9 heteroatoms. The third-order valence-electron chi connectivity index (χ3n) is 7.30. The van der Waals surface area contributed by atoms with E-state index in [4.69, 9.17) is 19.2 Å². The summed E-state index contributed by atoms with van der Waals surface area (Å²) in [6, 6.07) is 20.3. The summed E-state index contributed by atoms with van der Waals surface area (Å²) in [6.07, 6.45) is 0.232. The van der Waals surface area contributed by atoms with Crippen LogP contribution in [0.4, 0.5) is 8.78 Å². The second kappa shape index (κ2) is 13.1. The highest BCUT2D eigenvalue weighted by molar-refractivity contribution is 5.93. The topological polar surface area (TPSA) is 75.5 Å². The average molecular weight is 586 g/mol. The van der Waals surface area contributed by atoms with Gasteiger partial charge in [0.05, 0.1) is 36.0 Å². The molecule has 0 N–H and O–H groups in total. The van der Waals surface area contributed by atoms with E-state index < -0.39 is 11.8 Å². The van der Waals surface area contributed by atoms with Gasteiger partial charge in [-0.2, -0.15) is 0 Å². The first-order valence-corrected chi connectivity index (χ1v) is 14.0. The van der Waals surface area contributed by atoms with Crippen LogP contribution in [-0.4, -0.2) is 41.3 Å². The number of hydrogen-bond donors (Lipinski definition) is 0. The van der Waals surface area contributed by atoms with Crippen molar-refractivity contribution in [3.8, 4) is 17.1 Å². The quantitative estimate of drug-likeness (QED) is 0.154. The van der Waals surface area contributed by atoms with Gasteiger partial charge >= 0.3 is 5.97 Å². The Morgan fingerprint density at radius 2 is 1.74 bits per heavy atom. The highest BCUT2D eigenvalue weighted by Gasteiger charge is 2.17. The van der Waals surface area contributed by atoms with Crippen molar-refractivity contribution in [1.29, 1.82) is 0 Å². The molecule has 0 unspecified atom stereocenters. The molecule has 222 valence electrons. The number of hydrogen-bond acceptors (Lipinski definition) is 6. The Balaban J connectivity index is 1.37. The number of nitrogens with zero attached hydrogens (tertiary/aromatic N) is 3. The summed E-state index contributed by atoms with van der Waals surface area (Å²) in [4.78, 5) is 21.3. The van der Waals surface area contributed by atoms with Crippen molar-refractivity contribution in [3.63, 3.8) is 0 Å². The second-order valence-corrected chi connectivity index (χ2v) is 10.5. The first kappa shape index (κ1) is 29.8. The van der Waals surface area contributed by atoms with Crippen LogP contribution < -0.4 is 4.74 Å². The van der Waals surface area contributed by atoms with Crippen molar-refractivity contribution < 1.29 is 27.8 Å². The van der Waals surface area contributed by atoms with Gasteiger partial charge < -0.3 is 18.8 Å². The average Bonchev–Trinajstić information content (AvgIpc) is 3.36. The Kier molecular flexibility index (Phi) is 9.11. The lowest BCUT2D eigenvalue weighted by molar-refractivity contribution is 0.0601. The van der Waals surface area contributed by atoms with Crippen LogP contribution in [0.15, 0.2) is 72.8 Å². The molecule has 0 radical (unpaired) electrons. The predicted molar refractivity (Wildman–Crippen MR) is 160 cm³/mol. The van der Waals surface area contributed by atoms with E-state index in [-0.39, 0.29) is 24.8 Å². The molecular formula is C34H33F2N3O4. The number of halogens is 2. The van der Waals surface area contributed by atoms with Crippen molar-refractivity contribution in [2.24, 2.45) is 0 Å². The highest BCUT2D eigenvalue weighted by atomic mass is 19.1. The number of pyridine rings is 1. The molecule has 0 bridgehead atoms. The van der Waals surface area contributed by atoms with Gasteiger partial charge in [0.1, 0.15) is 24.1 Å². The number of ether oxygens (including phenoxy) is 3. The van der Waals surface area contributed by atoms with E-state index in [0.29, 0.717) is 58.3 Å². The summed E-state index contributed by atoms with van der Waals surface area (Å²) in [6.45, 7) is 5.03. The van der Waals surface area contributed by atoms with Crippen molar-refractivity contribution in [2.75, 3.05) is 20.8 Å². The van der Waals surface area contributed by atoms with E-state index in [1.54, 1.807) is 67.8 Å². The molecular weight excluding hydrogens is 552 g/mol. The van der Waals surface area contributed by atoms with Crippen molar-refractivity contribution in [2.45, 2.75) is 39.3 Å². The monoisotopic (exact) mass is 585 g/mol. The molecule has 3 aromatic carbocycles. The Labute approximate surface area is 249 Å². The molecule has 7 nitrogen and oxygen atoms in total. The molecule has 5 aromatic rings. The molecule has 2 aromatic heterocycles. The molecule has 0 atom stereocenters. The van der Waals surface area contributed by atoms with Gasteiger partial charge in [0.25, 0.3) is 0 Å². The fourth-order valence-corrected chi connectivity index (χ4v) is 4.88. The maximum atomic E-state index is 15.5. The molecule has 5 rings (SSSR count). The van der Waals surface area contributed by atoms with Gasteiger partial charge in [-0.3, -0.25) is 0 Å². The second-order valence-electron chi connectivity index (χ2n) is 10.5. The third-order valence-corrected chi connectivity index (χ3v) is 7.30. The summed E-state index contributed by atoms with van der Waals surface area (Å²) in [5.74, 6) is 0.0388. The molecule has 0 saturated heterocycles. The fraction of sp³-hybridized carbons (Fsp3) is 0.265. The predicted octanol–water partition coefficient (Wildman–Crippen LogP) is 7.10. The summed E-state index contributed by atoms with van der Waals surface area (Å²) in [5, 5.41) is 0. The van der Waals surface area contributed by atoms with Crippen LogP contribution >= 0.6 is 0 Å². The number of benzene rings is 3. The standard InChI is InChI=1S/C34H33F2N3O4/c1-21(2)22-10-12-27(35)26(16-22)20-43-33-7-5-6-29(38-33)24-9-8-23(28(36)17-24)19-32-37-30-13-11-25(34(40)42-4)18-31(30)39(32)14-15-41-3/h5-13,16-18,21H,14-15,19-20H2,1-4H3. The highest BCUT2D eigenvalue weighted by Crippen LogP contribution is 2.26. The van der Waals surface area contributed by atoms with E-state index in [2.05, 4.69) is 4.98 Å². The maximum Gasteiger partial charge on any atom is 0.337 e. The van der Waals surface area contributed by atoms with Crippen molar-refractivity contribution in [3.05, 3.63) is 113 Å². The number of carbonyl (C=O) groups excluding carboxylic acids is 1. The lowest BCUT2D eigenvalue weighted by atomic mass is 10.0. The SMILES string of the molecule is COCCn1c(Cc2ccc(-c3cccc(OCc4cc(C(C)C)ccc4F)n3)cc2F)nc2ccc(C(=O)OC)cc21. The van der Waals surface area contributed by atoms with Crippen molar-refractivity contribution in [1.82, 2.24) is 14.5 Å². The van der Waals surface area contributed by atoms with Crippen LogP contribution in [0, 0.1) is 11.6 Å². The van der Waals surface area contributed by atoms with Gasteiger partial charge in [-0.15, -0.1) is 0 Å². The van der Waals surface area contributed by atoms with Crippen LogP contribution in [0.3, 0.4) is 0 Å². The molecule has 0 amide bonds. The Bertz CT molecular complexity index is 1770. The molecule has 0 aliphatic carbocycles. The lowest BCUT2D eigenvalue weighted by Gasteiger charge is -2.12. The van der Waals surface area contributed by atoms with E-state index in [1.807, 2.05) is 18.4 Å². The number of imidazole rings is 1. The van der Waals surface area contributed by atoms with E-state index in [9.17, 15) is 9.18 Å². The molecule has 43 heavy (non-hydrogen) atoms. The normalized spacial score (nSPS) is 11.3. The molecule has 0 aliphatic heterocycles. The number of esters is 1. The largest absolute Gasteiger partial charge is 0.473 e. The summed E-state index contributed by atoms with van der Waals surface area (Å²) < 4.78 is 47.7. The fourth-order valence-electron chi connectivity index (χ4n) is 4.88. The van der Waals surface area contributed by atoms with E-state index >= 15 is 4.39 Å². The van der Waals surface area contributed by atoms with Gasteiger partial charge in [0.15, 0.2) is 0 Å². The Hall–Kier alpha value is -4.63. The van der Waals surface area contributed by atoms with E-state index in [1.165, 1.54) is 19.2 Å². The number of rotatable bonds is 11. The van der Waals surface area contributed by atoms with E-state index in [0.717, 1.165) is 11.1 Å². The number of fused-ring (bicyclic) bond motifs is 1. The Morgan fingerprint density at radius 1 is 0.907 bits per heavy atom. The molecule has 0 fully saturated rings. The van der Waals surface area contributed by atoms with Crippen molar-refractivity contribution >= 4 is 17.0 Å². The number of carbonyl (C=O) groups is 1. The molecule has 0 saturated carbocycles. The zero-order chi connectivity index (χ0) is 30.5. The molecule has 0 spiro atoms. The van der Waals surface area contributed by atoms with Gasteiger partial charge in [0.2, 0.25) is 5.88 Å². The zero-order valence-electron chi connectivity index (χ0n) is 24.6. The summed E-state index contributed by atoms with van der Waals surface area (Å²) in [7, 11) is 2.94. The Morgan fingerprint density at radius 3 is 2.49 bits per heavy atom. The van der Waals surface area contributed by atoms with Crippen LogP contribution in [0.25, 0.3) is 22.3 Å². The minimum atomic E-state index is -0.444. The maximum absolute atomic E-state index is 15.5. The molecule has 2 heterocycles. The minimum absolute atomic E-state index is 0.0291. The molecule has 0 aliphatic rings. The smallest absolute Gasteiger partial charge is 0.337 e. The van der Waals surface area contributed by atoms with Crippen LogP contribution in [-0.2, 0) is 29.0 Å². The summed E-state index contributed by atoms with van der Waals surface area (Å²) >= 11 is 0. The van der Waals surface area contributed by atoms with Gasteiger partial charge in [-0.05, 0) is 59.5 Å². The van der Waals surface area contributed by atoms with Gasteiger partial charge in [0, 0.05) is 37.3 Å².